The number of halogens is 7. The zero-order chi connectivity index (χ0) is 18.8. The van der Waals surface area contributed by atoms with Crippen molar-refractivity contribution in [3.05, 3.63) is 23.5 Å². The van der Waals surface area contributed by atoms with Gasteiger partial charge in [-0.3, -0.25) is 0 Å². The summed E-state index contributed by atoms with van der Waals surface area (Å²) in [5, 5.41) is 0. The SMILES string of the molecule is Cc1cc(F)c(N=C(CC2COC2)C(F)(F)F)cc1SCC(F)(F)F. The predicted octanol–water partition coefficient (Wildman–Crippen LogP) is 5.46. The van der Waals surface area contributed by atoms with E-state index in [0.717, 1.165) is 12.1 Å². The van der Waals surface area contributed by atoms with Gasteiger partial charge in [0.25, 0.3) is 0 Å². The zero-order valence-electron chi connectivity index (χ0n) is 13.0. The van der Waals surface area contributed by atoms with Crippen LogP contribution in [-0.4, -0.2) is 37.0 Å². The molecule has 1 aliphatic rings. The number of nitrogens with zero attached hydrogens (tertiary/aromatic N) is 1. The molecule has 10 heteroatoms. The van der Waals surface area contributed by atoms with Gasteiger partial charge in [0, 0.05) is 17.2 Å². The van der Waals surface area contributed by atoms with Crippen LogP contribution in [0.15, 0.2) is 22.0 Å². The second-order valence-electron chi connectivity index (χ2n) is 5.64. The van der Waals surface area contributed by atoms with Crippen LogP contribution >= 0.6 is 11.8 Å². The van der Waals surface area contributed by atoms with Gasteiger partial charge in [-0.1, -0.05) is 0 Å². The lowest BCUT2D eigenvalue weighted by atomic mass is 10.00. The summed E-state index contributed by atoms with van der Waals surface area (Å²) in [5.41, 5.74) is -1.59. The number of benzene rings is 1. The second-order valence-corrected chi connectivity index (χ2v) is 6.65. The highest BCUT2D eigenvalue weighted by Crippen LogP contribution is 2.35. The normalized spacial score (nSPS) is 16.9. The van der Waals surface area contributed by atoms with Gasteiger partial charge in [0.2, 0.25) is 0 Å². The Kier molecular flexibility index (Phi) is 6.03. The highest BCUT2D eigenvalue weighted by molar-refractivity contribution is 7.99. The molecule has 2 nitrogen and oxygen atoms in total. The van der Waals surface area contributed by atoms with E-state index in [9.17, 15) is 30.7 Å². The van der Waals surface area contributed by atoms with Crippen molar-refractivity contribution >= 4 is 23.2 Å². The van der Waals surface area contributed by atoms with E-state index in [-0.39, 0.29) is 29.6 Å². The number of rotatable bonds is 5. The number of hydrogen-bond donors (Lipinski definition) is 0. The molecule has 25 heavy (non-hydrogen) atoms. The number of aliphatic imine (C=N–C) groups is 1. The smallest absolute Gasteiger partial charge is 0.381 e. The molecule has 0 aromatic heterocycles. The molecule has 140 valence electrons. The molecule has 0 saturated carbocycles. The van der Waals surface area contributed by atoms with Gasteiger partial charge < -0.3 is 4.74 Å². The van der Waals surface area contributed by atoms with Crippen molar-refractivity contribution in [2.24, 2.45) is 10.9 Å². The Balaban J connectivity index is 2.31. The standard InChI is InChI=1S/C15H14F7NOS/c1-8-2-10(16)11(4-12(8)25-7-14(17,18)19)23-13(15(20,21)22)3-9-5-24-6-9/h2,4,9H,3,5-7H2,1H3. The minimum absolute atomic E-state index is 0.0333. The average molecular weight is 389 g/mol. The molecule has 0 spiro atoms. The first-order chi connectivity index (χ1) is 11.5. The molecule has 1 heterocycles. The summed E-state index contributed by atoms with van der Waals surface area (Å²) >= 11 is 0.379. The van der Waals surface area contributed by atoms with Crippen LogP contribution in [0.3, 0.4) is 0 Å². The van der Waals surface area contributed by atoms with Gasteiger partial charge in [-0.25, -0.2) is 9.38 Å². The van der Waals surface area contributed by atoms with E-state index in [1.165, 1.54) is 6.92 Å². The Morgan fingerprint density at radius 2 is 1.84 bits per heavy atom. The van der Waals surface area contributed by atoms with Gasteiger partial charge in [0.1, 0.15) is 17.2 Å². The van der Waals surface area contributed by atoms with E-state index < -0.39 is 41.7 Å². The van der Waals surface area contributed by atoms with Crippen LogP contribution in [0.1, 0.15) is 12.0 Å². The molecule has 0 atom stereocenters. The Hall–Kier alpha value is -1.29. The molecule has 0 unspecified atom stereocenters. The van der Waals surface area contributed by atoms with Crippen LogP contribution in [0.25, 0.3) is 0 Å². The van der Waals surface area contributed by atoms with E-state index in [1.54, 1.807) is 0 Å². The maximum absolute atomic E-state index is 14.0. The summed E-state index contributed by atoms with van der Waals surface area (Å²) < 4.78 is 95.0. The van der Waals surface area contributed by atoms with E-state index in [4.69, 9.17) is 4.74 Å². The van der Waals surface area contributed by atoms with Gasteiger partial charge in [0.05, 0.1) is 19.0 Å². The molecule has 0 radical (unpaired) electrons. The lowest BCUT2D eigenvalue weighted by molar-refractivity contribution is -0.105. The van der Waals surface area contributed by atoms with Crippen molar-refractivity contribution in [1.29, 1.82) is 0 Å². The number of ether oxygens (including phenoxy) is 1. The molecule has 0 N–H and O–H groups in total. The fourth-order valence-corrected chi connectivity index (χ4v) is 2.89. The molecule has 1 aliphatic heterocycles. The van der Waals surface area contributed by atoms with Crippen LogP contribution in [0, 0.1) is 18.7 Å². The summed E-state index contributed by atoms with van der Waals surface area (Å²) in [5.74, 6) is -2.60. The largest absolute Gasteiger partial charge is 0.429 e. The van der Waals surface area contributed by atoms with Gasteiger partial charge in [-0.15, -0.1) is 11.8 Å². The highest BCUT2D eigenvalue weighted by Gasteiger charge is 2.38. The number of alkyl halides is 6. The van der Waals surface area contributed by atoms with Crippen LogP contribution in [0.5, 0.6) is 0 Å². The Morgan fingerprint density at radius 3 is 2.32 bits per heavy atom. The third-order valence-electron chi connectivity index (χ3n) is 3.41. The van der Waals surface area contributed by atoms with E-state index in [2.05, 4.69) is 4.99 Å². The fraction of sp³-hybridized carbons (Fsp3) is 0.533. The Morgan fingerprint density at radius 1 is 1.20 bits per heavy atom. The van der Waals surface area contributed by atoms with Crippen LogP contribution in [-0.2, 0) is 4.74 Å². The first-order valence-electron chi connectivity index (χ1n) is 7.18. The minimum atomic E-state index is -4.76. The van der Waals surface area contributed by atoms with Crippen molar-refractivity contribution in [2.45, 2.75) is 30.6 Å². The lowest BCUT2D eigenvalue weighted by Gasteiger charge is -2.27. The maximum atomic E-state index is 14.0. The first kappa shape index (κ1) is 20.0. The third kappa shape index (κ3) is 5.88. The summed E-state index contributed by atoms with van der Waals surface area (Å²) in [6, 6.07) is 1.81. The van der Waals surface area contributed by atoms with Crippen molar-refractivity contribution in [1.82, 2.24) is 0 Å². The molecule has 1 aromatic carbocycles. The van der Waals surface area contributed by atoms with Crippen molar-refractivity contribution < 1.29 is 35.5 Å². The fourth-order valence-electron chi connectivity index (χ4n) is 2.09. The average Bonchev–Trinajstić information content (AvgIpc) is 2.39. The molecule has 1 fully saturated rings. The minimum Gasteiger partial charge on any atom is -0.381 e. The van der Waals surface area contributed by atoms with Crippen LogP contribution < -0.4 is 0 Å². The number of aryl methyl sites for hydroxylation is 1. The Bertz CT molecular complexity index is 651. The molecule has 0 amide bonds. The molecular weight excluding hydrogens is 375 g/mol. The first-order valence-corrected chi connectivity index (χ1v) is 8.16. The predicted molar refractivity (Wildman–Crippen MR) is 80.0 cm³/mol. The summed E-state index contributed by atoms with van der Waals surface area (Å²) in [7, 11) is 0. The monoisotopic (exact) mass is 389 g/mol. The number of hydrogen-bond acceptors (Lipinski definition) is 3. The van der Waals surface area contributed by atoms with Gasteiger partial charge >= 0.3 is 12.4 Å². The summed E-state index contributed by atoms with van der Waals surface area (Å²) in [4.78, 5) is 3.40. The van der Waals surface area contributed by atoms with Crippen LogP contribution in [0.2, 0.25) is 0 Å². The lowest BCUT2D eigenvalue weighted by Crippen LogP contribution is -2.34. The highest BCUT2D eigenvalue weighted by atomic mass is 32.2. The quantitative estimate of drug-likeness (QED) is 0.379. The van der Waals surface area contributed by atoms with Gasteiger partial charge in [-0.05, 0) is 24.6 Å². The molecule has 1 saturated heterocycles. The van der Waals surface area contributed by atoms with Gasteiger partial charge in [0.15, 0.2) is 0 Å². The van der Waals surface area contributed by atoms with E-state index >= 15 is 0 Å². The summed E-state index contributed by atoms with van der Waals surface area (Å²) in [6.07, 6.45) is -9.63. The molecule has 0 bridgehead atoms. The number of thioether (sulfide) groups is 1. The van der Waals surface area contributed by atoms with Crippen molar-refractivity contribution in [2.75, 3.05) is 19.0 Å². The topological polar surface area (TPSA) is 21.6 Å². The second kappa shape index (κ2) is 7.53. The van der Waals surface area contributed by atoms with Crippen molar-refractivity contribution in [3.63, 3.8) is 0 Å². The molecule has 1 aromatic rings. The molecule has 2 rings (SSSR count). The molecule has 0 aliphatic carbocycles. The van der Waals surface area contributed by atoms with E-state index in [1.807, 2.05) is 0 Å². The summed E-state index contributed by atoms with van der Waals surface area (Å²) in [6.45, 7) is 1.71. The van der Waals surface area contributed by atoms with E-state index in [0.29, 0.717) is 11.8 Å². The van der Waals surface area contributed by atoms with Crippen LogP contribution in [0.4, 0.5) is 36.4 Å². The third-order valence-corrected chi connectivity index (χ3v) is 4.63. The Labute approximate surface area is 143 Å². The van der Waals surface area contributed by atoms with Crippen molar-refractivity contribution in [3.8, 4) is 0 Å². The van der Waals surface area contributed by atoms with Gasteiger partial charge in [-0.2, -0.15) is 26.3 Å². The zero-order valence-corrected chi connectivity index (χ0v) is 13.8. The maximum Gasteiger partial charge on any atom is 0.429 e. The molecular formula is C15H14F7NOS.